The fourth-order valence-electron chi connectivity index (χ4n) is 1.74. The number of nitrogens with zero attached hydrogens (tertiary/aromatic N) is 2. The predicted octanol–water partition coefficient (Wildman–Crippen LogP) is 0.860. The number of rotatable bonds is 2. The second-order valence-corrected chi connectivity index (χ2v) is 3.78. The molecule has 16 heavy (non-hydrogen) atoms. The molecule has 0 saturated carbocycles. The van der Waals surface area contributed by atoms with Gasteiger partial charge in [-0.05, 0) is 17.7 Å². The zero-order valence-electron chi connectivity index (χ0n) is 8.64. The van der Waals surface area contributed by atoms with E-state index in [1.807, 2.05) is 12.1 Å². The molecule has 0 spiro atoms. The molecule has 1 aromatic rings. The lowest BCUT2D eigenvalue weighted by Gasteiger charge is -2.14. The molecular formula is C12H10N2O2. The third kappa shape index (κ3) is 2.09. The monoisotopic (exact) mass is 214 g/mol. The van der Waals surface area contributed by atoms with Crippen LogP contribution in [0.4, 0.5) is 0 Å². The van der Waals surface area contributed by atoms with E-state index in [0.29, 0.717) is 12.1 Å². The van der Waals surface area contributed by atoms with E-state index >= 15 is 0 Å². The van der Waals surface area contributed by atoms with Gasteiger partial charge in [-0.3, -0.25) is 9.59 Å². The van der Waals surface area contributed by atoms with Gasteiger partial charge in [-0.25, -0.2) is 0 Å². The number of Topliss-reactive ketones (excluding diaryl/α,β-unsaturated/α-hetero) is 1. The average molecular weight is 214 g/mol. The summed E-state index contributed by atoms with van der Waals surface area (Å²) in [6.07, 6.45) is 0.0118. The Morgan fingerprint density at radius 3 is 2.81 bits per heavy atom. The minimum atomic E-state index is -0.132. The lowest BCUT2D eigenvalue weighted by Crippen LogP contribution is -2.24. The van der Waals surface area contributed by atoms with Crippen LogP contribution in [0, 0.1) is 11.3 Å². The van der Waals surface area contributed by atoms with Crippen LogP contribution in [0.5, 0.6) is 0 Å². The summed E-state index contributed by atoms with van der Waals surface area (Å²) in [5.41, 5.74) is 1.44. The van der Waals surface area contributed by atoms with Gasteiger partial charge in [0.1, 0.15) is 0 Å². The van der Waals surface area contributed by atoms with Crippen molar-refractivity contribution in [2.75, 3.05) is 6.54 Å². The van der Waals surface area contributed by atoms with Crippen molar-refractivity contribution in [3.05, 3.63) is 35.4 Å². The van der Waals surface area contributed by atoms with Gasteiger partial charge >= 0.3 is 0 Å². The Morgan fingerprint density at radius 1 is 1.38 bits per heavy atom. The second kappa shape index (κ2) is 4.15. The summed E-state index contributed by atoms with van der Waals surface area (Å²) in [6.45, 7) is 0.593. The molecular weight excluding hydrogens is 204 g/mol. The standard InChI is InChI=1S/C12H10N2O2/c13-6-9-2-1-3-10(4-9)7-14-8-11(15)5-12(14)16/h1-4H,5,7-8H2. The largest absolute Gasteiger partial charge is 0.331 e. The molecule has 0 aromatic heterocycles. The molecule has 1 amide bonds. The molecule has 1 aliphatic heterocycles. The molecule has 0 atom stereocenters. The SMILES string of the molecule is N#Cc1cccc(CN2CC(=O)CC2=O)c1. The van der Waals surface area contributed by atoms with Gasteiger partial charge in [-0.1, -0.05) is 12.1 Å². The Bertz CT molecular complexity index is 488. The number of carbonyl (C=O) groups is 2. The van der Waals surface area contributed by atoms with Crippen molar-refractivity contribution in [1.82, 2.24) is 4.90 Å². The molecule has 0 unspecified atom stereocenters. The Kier molecular flexibility index (Phi) is 2.69. The summed E-state index contributed by atoms with van der Waals surface area (Å²) in [5, 5.41) is 8.73. The normalized spacial score (nSPS) is 15.3. The fourth-order valence-corrected chi connectivity index (χ4v) is 1.74. The lowest BCUT2D eigenvalue weighted by atomic mass is 10.1. The highest BCUT2D eigenvalue weighted by Crippen LogP contribution is 2.13. The third-order valence-corrected chi connectivity index (χ3v) is 2.50. The van der Waals surface area contributed by atoms with E-state index in [9.17, 15) is 9.59 Å². The van der Waals surface area contributed by atoms with Gasteiger partial charge < -0.3 is 4.90 Å². The maximum absolute atomic E-state index is 11.4. The zero-order valence-corrected chi connectivity index (χ0v) is 8.64. The maximum Gasteiger partial charge on any atom is 0.230 e. The van der Waals surface area contributed by atoms with Crippen LogP contribution in [-0.4, -0.2) is 23.1 Å². The number of amides is 1. The fraction of sp³-hybridized carbons (Fsp3) is 0.250. The molecule has 0 N–H and O–H groups in total. The quantitative estimate of drug-likeness (QED) is 0.686. The van der Waals surface area contributed by atoms with Crippen molar-refractivity contribution in [2.45, 2.75) is 13.0 Å². The topological polar surface area (TPSA) is 61.2 Å². The summed E-state index contributed by atoms with van der Waals surface area (Å²) in [5.74, 6) is -0.172. The Morgan fingerprint density at radius 2 is 2.19 bits per heavy atom. The van der Waals surface area contributed by atoms with Crippen molar-refractivity contribution in [1.29, 1.82) is 5.26 Å². The van der Waals surface area contributed by atoms with Crippen LogP contribution in [0.1, 0.15) is 17.5 Å². The van der Waals surface area contributed by atoms with Crippen LogP contribution in [0.25, 0.3) is 0 Å². The molecule has 1 aromatic carbocycles. The number of ketones is 1. The van der Waals surface area contributed by atoms with E-state index in [1.54, 1.807) is 18.2 Å². The van der Waals surface area contributed by atoms with E-state index in [2.05, 4.69) is 0 Å². The minimum absolute atomic E-state index is 0.0118. The number of benzene rings is 1. The Balaban J connectivity index is 2.12. The predicted molar refractivity (Wildman–Crippen MR) is 56.2 cm³/mol. The molecule has 1 saturated heterocycles. The van der Waals surface area contributed by atoms with Gasteiger partial charge in [0, 0.05) is 6.54 Å². The number of hydrogen-bond donors (Lipinski definition) is 0. The first-order valence-corrected chi connectivity index (χ1v) is 4.97. The summed E-state index contributed by atoms with van der Waals surface area (Å²) in [4.78, 5) is 24.0. The highest BCUT2D eigenvalue weighted by atomic mass is 16.2. The molecule has 1 aliphatic rings. The molecule has 1 fully saturated rings. The van der Waals surface area contributed by atoms with Gasteiger partial charge in [0.15, 0.2) is 5.78 Å². The van der Waals surface area contributed by atoms with Crippen molar-refractivity contribution in [2.24, 2.45) is 0 Å². The van der Waals surface area contributed by atoms with Crippen molar-refractivity contribution in [3.63, 3.8) is 0 Å². The summed E-state index contributed by atoms with van der Waals surface area (Å²) >= 11 is 0. The van der Waals surface area contributed by atoms with Crippen molar-refractivity contribution >= 4 is 11.7 Å². The van der Waals surface area contributed by atoms with Gasteiger partial charge in [0.2, 0.25) is 5.91 Å². The van der Waals surface area contributed by atoms with Crippen LogP contribution in [0.3, 0.4) is 0 Å². The van der Waals surface area contributed by atoms with Crippen LogP contribution in [0.15, 0.2) is 24.3 Å². The van der Waals surface area contributed by atoms with Crippen molar-refractivity contribution in [3.8, 4) is 6.07 Å². The van der Waals surface area contributed by atoms with Crippen LogP contribution < -0.4 is 0 Å². The Labute approximate surface area is 93.1 Å². The average Bonchev–Trinajstić information content (AvgIpc) is 2.58. The summed E-state index contributed by atoms with van der Waals surface area (Å²) in [7, 11) is 0. The third-order valence-electron chi connectivity index (χ3n) is 2.50. The van der Waals surface area contributed by atoms with Gasteiger partial charge in [0.25, 0.3) is 0 Å². The lowest BCUT2D eigenvalue weighted by molar-refractivity contribution is -0.128. The number of hydrogen-bond acceptors (Lipinski definition) is 3. The molecule has 0 radical (unpaired) electrons. The zero-order chi connectivity index (χ0) is 11.5. The van der Waals surface area contributed by atoms with E-state index in [-0.39, 0.29) is 24.7 Å². The first-order valence-electron chi connectivity index (χ1n) is 4.97. The Hall–Kier alpha value is -2.15. The van der Waals surface area contributed by atoms with Gasteiger partial charge in [-0.2, -0.15) is 5.26 Å². The smallest absolute Gasteiger partial charge is 0.230 e. The second-order valence-electron chi connectivity index (χ2n) is 3.78. The number of nitriles is 1. The highest BCUT2D eigenvalue weighted by Gasteiger charge is 2.26. The van der Waals surface area contributed by atoms with Crippen LogP contribution >= 0.6 is 0 Å². The van der Waals surface area contributed by atoms with Gasteiger partial charge in [-0.15, -0.1) is 0 Å². The highest BCUT2D eigenvalue weighted by molar-refractivity contribution is 6.05. The van der Waals surface area contributed by atoms with E-state index < -0.39 is 0 Å². The molecule has 0 aliphatic carbocycles. The van der Waals surface area contributed by atoms with Crippen molar-refractivity contribution < 1.29 is 9.59 Å². The van der Waals surface area contributed by atoms with E-state index in [1.165, 1.54) is 4.90 Å². The molecule has 1 heterocycles. The number of carbonyl (C=O) groups excluding carboxylic acids is 2. The van der Waals surface area contributed by atoms with Crippen LogP contribution in [0.2, 0.25) is 0 Å². The summed E-state index contributed by atoms with van der Waals surface area (Å²) in [6, 6.07) is 9.10. The minimum Gasteiger partial charge on any atom is -0.331 e. The molecule has 4 heteroatoms. The molecule has 80 valence electrons. The maximum atomic E-state index is 11.4. The summed E-state index contributed by atoms with van der Waals surface area (Å²) < 4.78 is 0. The molecule has 4 nitrogen and oxygen atoms in total. The van der Waals surface area contributed by atoms with E-state index in [0.717, 1.165) is 5.56 Å². The van der Waals surface area contributed by atoms with Crippen LogP contribution in [-0.2, 0) is 16.1 Å². The number of likely N-dealkylation sites (tertiary alicyclic amines) is 1. The van der Waals surface area contributed by atoms with E-state index in [4.69, 9.17) is 5.26 Å². The van der Waals surface area contributed by atoms with Gasteiger partial charge in [0.05, 0.1) is 24.6 Å². The molecule has 0 bridgehead atoms. The first-order chi connectivity index (χ1) is 7.69. The molecule has 2 rings (SSSR count). The first kappa shape index (κ1) is 10.4.